The Balaban J connectivity index is 2.05. The van der Waals surface area contributed by atoms with Gasteiger partial charge in [-0.3, -0.25) is 4.68 Å². The molecular formula is C16H22N2O3. The van der Waals surface area contributed by atoms with Gasteiger partial charge in [0.15, 0.2) is 11.5 Å². The van der Waals surface area contributed by atoms with Crippen LogP contribution in [0.2, 0.25) is 0 Å². The Bertz CT molecular complexity index is 608. The molecule has 0 saturated carbocycles. The van der Waals surface area contributed by atoms with Crippen molar-refractivity contribution in [1.29, 1.82) is 0 Å². The number of nitrogens with zero attached hydrogens (tertiary/aromatic N) is 2. The molecule has 1 atom stereocenters. The van der Waals surface area contributed by atoms with E-state index in [1.54, 1.807) is 14.2 Å². The van der Waals surface area contributed by atoms with Crippen molar-refractivity contribution >= 4 is 0 Å². The van der Waals surface area contributed by atoms with E-state index in [1.165, 1.54) is 0 Å². The predicted octanol–water partition coefficient (Wildman–Crippen LogP) is 1.89. The largest absolute Gasteiger partial charge is 0.493 e. The predicted molar refractivity (Wildman–Crippen MR) is 80.9 cm³/mol. The minimum absolute atomic E-state index is 0.460. The van der Waals surface area contributed by atoms with E-state index in [4.69, 9.17) is 9.47 Å². The number of hydrogen-bond acceptors (Lipinski definition) is 4. The average Bonchev–Trinajstić information content (AvgIpc) is 2.76. The van der Waals surface area contributed by atoms with Crippen LogP contribution in [0.5, 0.6) is 11.5 Å². The number of rotatable bonds is 6. The van der Waals surface area contributed by atoms with Crippen molar-refractivity contribution in [3.8, 4) is 11.5 Å². The zero-order valence-electron chi connectivity index (χ0n) is 13.0. The third kappa shape index (κ3) is 3.76. The molecule has 114 valence electrons. The van der Waals surface area contributed by atoms with Gasteiger partial charge in [0.25, 0.3) is 0 Å². The van der Waals surface area contributed by atoms with E-state index < -0.39 is 6.10 Å². The van der Waals surface area contributed by atoms with Crippen LogP contribution in [0.15, 0.2) is 24.3 Å². The standard InChI is InChI=1S/C16H22N2O3/c1-11-7-13(18(2)17-11)10-14(19)8-12-5-6-15(20-3)16(9-12)21-4/h5-7,9,14,19H,8,10H2,1-4H3. The molecule has 1 heterocycles. The van der Waals surface area contributed by atoms with Crippen LogP contribution in [0.3, 0.4) is 0 Å². The van der Waals surface area contributed by atoms with Crippen LogP contribution in [0, 0.1) is 6.92 Å². The average molecular weight is 290 g/mol. The molecule has 1 aromatic heterocycles. The summed E-state index contributed by atoms with van der Waals surface area (Å²) in [7, 11) is 5.11. The lowest BCUT2D eigenvalue weighted by molar-refractivity contribution is 0.172. The van der Waals surface area contributed by atoms with E-state index in [-0.39, 0.29) is 0 Å². The Morgan fingerprint density at radius 1 is 1.14 bits per heavy atom. The number of hydrogen-bond donors (Lipinski definition) is 1. The van der Waals surface area contributed by atoms with Gasteiger partial charge in [0.05, 0.1) is 26.0 Å². The molecule has 0 radical (unpaired) electrons. The third-order valence-electron chi connectivity index (χ3n) is 3.46. The molecule has 5 heteroatoms. The molecule has 0 aliphatic heterocycles. The summed E-state index contributed by atoms with van der Waals surface area (Å²) in [5.41, 5.74) is 3.00. The lowest BCUT2D eigenvalue weighted by atomic mass is 10.0. The number of aliphatic hydroxyl groups excluding tert-OH is 1. The summed E-state index contributed by atoms with van der Waals surface area (Å²) in [5, 5.41) is 14.6. The van der Waals surface area contributed by atoms with E-state index in [9.17, 15) is 5.11 Å². The van der Waals surface area contributed by atoms with Gasteiger partial charge in [0.2, 0.25) is 0 Å². The summed E-state index contributed by atoms with van der Waals surface area (Å²) in [6.45, 7) is 1.95. The Hall–Kier alpha value is -2.01. The highest BCUT2D eigenvalue weighted by atomic mass is 16.5. The number of aryl methyl sites for hydroxylation is 2. The molecule has 1 aromatic carbocycles. The summed E-state index contributed by atoms with van der Waals surface area (Å²) >= 11 is 0. The quantitative estimate of drug-likeness (QED) is 0.882. The number of benzene rings is 1. The maximum absolute atomic E-state index is 10.3. The molecule has 2 aromatic rings. The van der Waals surface area contributed by atoms with Gasteiger partial charge < -0.3 is 14.6 Å². The van der Waals surface area contributed by atoms with E-state index in [0.29, 0.717) is 24.3 Å². The minimum Gasteiger partial charge on any atom is -0.493 e. The summed E-state index contributed by atoms with van der Waals surface area (Å²) in [4.78, 5) is 0. The van der Waals surface area contributed by atoms with Gasteiger partial charge in [-0.25, -0.2) is 0 Å². The molecule has 0 fully saturated rings. The number of aromatic nitrogens is 2. The molecule has 0 bridgehead atoms. The Labute approximate surface area is 125 Å². The van der Waals surface area contributed by atoms with Crippen LogP contribution in [0.25, 0.3) is 0 Å². The van der Waals surface area contributed by atoms with Gasteiger partial charge in [-0.1, -0.05) is 6.07 Å². The van der Waals surface area contributed by atoms with Crippen LogP contribution in [0.1, 0.15) is 17.0 Å². The molecule has 1 N–H and O–H groups in total. The van der Waals surface area contributed by atoms with Gasteiger partial charge in [-0.15, -0.1) is 0 Å². The molecular weight excluding hydrogens is 268 g/mol. The molecule has 1 unspecified atom stereocenters. The van der Waals surface area contributed by atoms with Gasteiger partial charge in [-0.05, 0) is 37.1 Å². The van der Waals surface area contributed by atoms with Crippen LogP contribution < -0.4 is 9.47 Å². The first kappa shape index (κ1) is 15.4. The maximum atomic E-state index is 10.3. The van der Waals surface area contributed by atoms with E-state index >= 15 is 0 Å². The fourth-order valence-electron chi connectivity index (χ4n) is 2.45. The van der Waals surface area contributed by atoms with Crippen molar-refractivity contribution in [3.05, 3.63) is 41.2 Å². The summed E-state index contributed by atoms with van der Waals surface area (Å²) < 4.78 is 12.3. The SMILES string of the molecule is COc1ccc(CC(O)Cc2cc(C)nn2C)cc1OC. The second-order valence-electron chi connectivity index (χ2n) is 5.15. The van der Waals surface area contributed by atoms with Crippen LogP contribution in [-0.4, -0.2) is 35.2 Å². The summed E-state index contributed by atoms with van der Waals surface area (Å²) in [5.74, 6) is 1.37. The molecule has 2 rings (SSSR count). The Morgan fingerprint density at radius 3 is 2.43 bits per heavy atom. The zero-order valence-corrected chi connectivity index (χ0v) is 13.0. The number of ether oxygens (including phenoxy) is 2. The van der Waals surface area contributed by atoms with Crippen molar-refractivity contribution < 1.29 is 14.6 Å². The maximum Gasteiger partial charge on any atom is 0.160 e. The van der Waals surface area contributed by atoms with Gasteiger partial charge in [0, 0.05) is 19.2 Å². The smallest absolute Gasteiger partial charge is 0.160 e. The highest BCUT2D eigenvalue weighted by Crippen LogP contribution is 2.28. The van der Waals surface area contributed by atoms with Crippen molar-refractivity contribution in [2.24, 2.45) is 7.05 Å². The summed E-state index contributed by atoms with van der Waals surface area (Å²) in [6, 6.07) is 7.70. The highest BCUT2D eigenvalue weighted by molar-refractivity contribution is 5.43. The fourth-order valence-corrected chi connectivity index (χ4v) is 2.45. The number of aliphatic hydroxyl groups is 1. The van der Waals surface area contributed by atoms with Crippen molar-refractivity contribution in [3.63, 3.8) is 0 Å². The second kappa shape index (κ2) is 6.63. The zero-order chi connectivity index (χ0) is 15.4. The normalized spacial score (nSPS) is 12.2. The van der Waals surface area contributed by atoms with E-state index in [1.807, 2.05) is 42.9 Å². The first-order valence-electron chi connectivity index (χ1n) is 6.92. The van der Waals surface area contributed by atoms with Gasteiger partial charge in [-0.2, -0.15) is 5.10 Å². The Morgan fingerprint density at radius 2 is 1.86 bits per heavy atom. The minimum atomic E-state index is -0.460. The van der Waals surface area contributed by atoms with Gasteiger partial charge in [0.1, 0.15) is 0 Å². The molecule has 0 saturated heterocycles. The third-order valence-corrected chi connectivity index (χ3v) is 3.46. The molecule has 21 heavy (non-hydrogen) atoms. The topological polar surface area (TPSA) is 56.5 Å². The van der Waals surface area contributed by atoms with Crippen LogP contribution >= 0.6 is 0 Å². The molecule has 0 aliphatic rings. The molecule has 0 amide bonds. The fraction of sp³-hybridized carbons (Fsp3) is 0.438. The van der Waals surface area contributed by atoms with E-state index in [2.05, 4.69) is 5.10 Å². The lowest BCUT2D eigenvalue weighted by Gasteiger charge is -2.13. The highest BCUT2D eigenvalue weighted by Gasteiger charge is 2.12. The monoisotopic (exact) mass is 290 g/mol. The number of methoxy groups -OCH3 is 2. The first-order valence-corrected chi connectivity index (χ1v) is 6.92. The second-order valence-corrected chi connectivity index (χ2v) is 5.15. The lowest BCUT2D eigenvalue weighted by Crippen LogP contribution is -2.16. The van der Waals surface area contributed by atoms with Crippen LogP contribution in [0.4, 0.5) is 0 Å². The molecule has 0 aliphatic carbocycles. The molecule has 5 nitrogen and oxygen atoms in total. The van der Waals surface area contributed by atoms with Crippen LogP contribution in [-0.2, 0) is 19.9 Å². The molecule has 0 spiro atoms. The van der Waals surface area contributed by atoms with Crippen molar-refractivity contribution in [2.75, 3.05) is 14.2 Å². The van der Waals surface area contributed by atoms with Crippen molar-refractivity contribution in [2.45, 2.75) is 25.9 Å². The van der Waals surface area contributed by atoms with Gasteiger partial charge >= 0.3 is 0 Å². The van der Waals surface area contributed by atoms with Crippen molar-refractivity contribution in [1.82, 2.24) is 9.78 Å². The van der Waals surface area contributed by atoms with E-state index in [0.717, 1.165) is 17.0 Å². The Kier molecular flexibility index (Phi) is 4.85. The summed E-state index contributed by atoms with van der Waals surface area (Å²) in [6.07, 6.45) is 0.675. The first-order chi connectivity index (χ1) is 10.0.